The molecule has 20 heavy (non-hydrogen) atoms. The molecule has 0 unspecified atom stereocenters. The van der Waals surface area contributed by atoms with Crippen LogP contribution in [0.2, 0.25) is 0 Å². The van der Waals surface area contributed by atoms with Crippen LogP contribution in [-0.2, 0) is 4.74 Å². The first-order valence-electron chi connectivity index (χ1n) is 6.28. The predicted molar refractivity (Wildman–Crippen MR) is 86.7 cm³/mol. The summed E-state index contributed by atoms with van der Waals surface area (Å²) < 4.78 is 9.22. The normalized spacial score (nSPS) is 12.2. The molecule has 3 nitrogen and oxygen atoms in total. The van der Waals surface area contributed by atoms with Crippen LogP contribution < -0.4 is 0 Å². The lowest BCUT2D eigenvalue weighted by Gasteiger charge is -2.19. The molecule has 0 aliphatic heterocycles. The van der Waals surface area contributed by atoms with Crippen LogP contribution in [0.1, 0.15) is 20.8 Å². The second-order valence-corrected chi connectivity index (χ2v) is 7.48. The topological polar surface area (TPSA) is 31.2 Å². The molecule has 0 fully saturated rings. The Labute approximate surface area is 129 Å². The lowest BCUT2D eigenvalue weighted by molar-refractivity contribution is 0.0545. The maximum absolute atomic E-state index is 12.2. The highest BCUT2D eigenvalue weighted by Gasteiger charge is 2.21. The van der Waals surface area contributed by atoms with Gasteiger partial charge in [-0.3, -0.25) is 0 Å². The van der Waals surface area contributed by atoms with E-state index in [0.29, 0.717) is 0 Å². The zero-order chi connectivity index (χ0) is 14.5. The third-order valence-electron chi connectivity index (χ3n) is 2.88. The second kappa shape index (κ2) is 4.60. The molecule has 2 aromatic heterocycles. The van der Waals surface area contributed by atoms with Gasteiger partial charge in [-0.05, 0) is 39.0 Å². The third-order valence-corrected chi connectivity index (χ3v) is 4.71. The minimum Gasteiger partial charge on any atom is -0.443 e. The van der Waals surface area contributed by atoms with Crippen molar-refractivity contribution in [3.05, 3.63) is 34.9 Å². The van der Waals surface area contributed by atoms with Crippen molar-refractivity contribution in [1.29, 1.82) is 0 Å². The SMILES string of the molecule is CC(C)(C)OC(=O)n1ccc2c3c(Br)cccc3sc21. The fourth-order valence-electron chi connectivity index (χ4n) is 2.12. The third kappa shape index (κ3) is 2.25. The van der Waals surface area contributed by atoms with Crippen molar-refractivity contribution in [3.63, 3.8) is 0 Å². The number of thiophene rings is 1. The smallest absolute Gasteiger partial charge is 0.419 e. The fourth-order valence-corrected chi connectivity index (χ4v) is 4.02. The van der Waals surface area contributed by atoms with Gasteiger partial charge in [-0.2, -0.15) is 0 Å². The Morgan fingerprint density at radius 2 is 2.05 bits per heavy atom. The summed E-state index contributed by atoms with van der Waals surface area (Å²) in [5, 5.41) is 2.22. The van der Waals surface area contributed by atoms with Crippen molar-refractivity contribution in [1.82, 2.24) is 4.57 Å². The van der Waals surface area contributed by atoms with Crippen molar-refractivity contribution in [2.75, 3.05) is 0 Å². The second-order valence-electron chi connectivity index (χ2n) is 5.60. The van der Waals surface area contributed by atoms with Crippen LogP contribution >= 0.6 is 27.3 Å². The summed E-state index contributed by atoms with van der Waals surface area (Å²) in [4.78, 5) is 13.2. The van der Waals surface area contributed by atoms with Gasteiger partial charge in [0.15, 0.2) is 0 Å². The summed E-state index contributed by atoms with van der Waals surface area (Å²) in [7, 11) is 0. The average molecular weight is 352 g/mol. The number of rotatable bonds is 0. The van der Waals surface area contributed by atoms with Gasteiger partial charge in [0.25, 0.3) is 0 Å². The van der Waals surface area contributed by atoms with Gasteiger partial charge in [-0.15, -0.1) is 11.3 Å². The largest absolute Gasteiger partial charge is 0.443 e. The number of hydrogen-bond donors (Lipinski definition) is 0. The zero-order valence-electron chi connectivity index (χ0n) is 11.4. The highest BCUT2D eigenvalue weighted by Crippen LogP contribution is 2.38. The van der Waals surface area contributed by atoms with E-state index < -0.39 is 5.60 Å². The maximum Gasteiger partial charge on any atom is 0.419 e. The lowest BCUT2D eigenvalue weighted by Crippen LogP contribution is -2.26. The van der Waals surface area contributed by atoms with E-state index in [0.717, 1.165) is 24.8 Å². The number of hydrogen-bond acceptors (Lipinski definition) is 3. The Morgan fingerprint density at radius 3 is 2.75 bits per heavy atom. The molecule has 0 saturated carbocycles. The van der Waals surface area contributed by atoms with Crippen LogP contribution in [0.5, 0.6) is 0 Å². The minimum atomic E-state index is -0.495. The molecule has 0 amide bonds. The first-order valence-corrected chi connectivity index (χ1v) is 7.89. The van der Waals surface area contributed by atoms with E-state index in [1.165, 1.54) is 0 Å². The minimum absolute atomic E-state index is 0.338. The summed E-state index contributed by atoms with van der Waals surface area (Å²) >= 11 is 5.17. The number of carbonyl (C=O) groups is 1. The standard InChI is InChI=1S/C15H14BrNO2S/c1-15(2,3)19-14(18)17-8-7-9-12-10(16)5-4-6-11(12)20-13(9)17/h4-8H,1-3H3. The molecule has 0 N–H and O–H groups in total. The zero-order valence-corrected chi connectivity index (χ0v) is 13.8. The molecule has 3 aromatic rings. The molecule has 0 saturated heterocycles. The van der Waals surface area contributed by atoms with Gasteiger partial charge in [0, 0.05) is 26.1 Å². The highest BCUT2D eigenvalue weighted by atomic mass is 79.9. The van der Waals surface area contributed by atoms with Gasteiger partial charge in [0.2, 0.25) is 0 Å². The Kier molecular flexibility index (Phi) is 3.14. The van der Waals surface area contributed by atoms with Crippen molar-refractivity contribution in [3.8, 4) is 0 Å². The molecule has 0 aliphatic carbocycles. The number of ether oxygens (including phenoxy) is 1. The molecule has 1 aromatic carbocycles. The number of fused-ring (bicyclic) bond motifs is 3. The van der Waals surface area contributed by atoms with Gasteiger partial charge >= 0.3 is 6.09 Å². The van der Waals surface area contributed by atoms with Crippen LogP contribution in [0.4, 0.5) is 4.79 Å². The maximum atomic E-state index is 12.2. The summed E-state index contributed by atoms with van der Waals surface area (Å²) in [6.45, 7) is 5.60. The van der Waals surface area contributed by atoms with Crippen LogP contribution in [0, 0.1) is 0 Å². The van der Waals surface area contributed by atoms with E-state index in [4.69, 9.17) is 4.74 Å². The quantitative estimate of drug-likeness (QED) is 0.542. The molecule has 104 valence electrons. The molecule has 0 bridgehead atoms. The van der Waals surface area contributed by atoms with E-state index in [-0.39, 0.29) is 6.09 Å². The van der Waals surface area contributed by atoms with Gasteiger partial charge in [-0.25, -0.2) is 9.36 Å². The van der Waals surface area contributed by atoms with Crippen molar-refractivity contribution >= 4 is 53.7 Å². The molecule has 3 rings (SSSR count). The molecule has 5 heteroatoms. The average Bonchev–Trinajstić information content (AvgIpc) is 2.84. The summed E-state index contributed by atoms with van der Waals surface area (Å²) in [6, 6.07) is 8.03. The van der Waals surface area contributed by atoms with Gasteiger partial charge in [-0.1, -0.05) is 22.0 Å². The van der Waals surface area contributed by atoms with Crippen LogP contribution in [0.15, 0.2) is 34.9 Å². The number of aromatic nitrogens is 1. The van der Waals surface area contributed by atoms with E-state index in [1.807, 2.05) is 39.0 Å². The van der Waals surface area contributed by atoms with E-state index >= 15 is 0 Å². The summed E-state index contributed by atoms with van der Waals surface area (Å²) in [6.07, 6.45) is 1.43. The Bertz CT molecular complexity index is 810. The van der Waals surface area contributed by atoms with Crippen LogP contribution in [0.25, 0.3) is 20.3 Å². The molecular formula is C15H14BrNO2S. The Morgan fingerprint density at radius 1 is 1.30 bits per heavy atom. The molecule has 0 aliphatic rings. The van der Waals surface area contributed by atoms with Crippen molar-refractivity contribution < 1.29 is 9.53 Å². The molecule has 0 spiro atoms. The monoisotopic (exact) mass is 351 g/mol. The summed E-state index contributed by atoms with van der Waals surface area (Å²) in [5.41, 5.74) is -0.495. The van der Waals surface area contributed by atoms with E-state index in [1.54, 1.807) is 22.1 Å². The molecule has 0 radical (unpaired) electrons. The molecule has 2 heterocycles. The number of carbonyl (C=O) groups excluding carboxylic acids is 1. The van der Waals surface area contributed by atoms with Crippen LogP contribution in [-0.4, -0.2) is 16.3 Å². The molecule has 0 atom stereocenters. The van der Waals surface area contributed by atoms with Crippen molar-refractivity contribution in [2.24, 2.45) is 0 Å². The van der Waals surface area contributed by atoms with E-state index in [9.17, 15) is 4.79 Å². The van der Waals surface area contributed by atoms with Gasteiger partial charge in [0.1, 0.15) is 10.4 Å². The summed E-state index contributed by atoms with van der Waals surface area (Å²) in [5.74, 6) is 0. The van der Waals surface area contributed by atoms with Crippen molar-refractivity contribution in [2.45, 2.75) is 26.4 Å². The Hall–Kier alpha value is -1.33. The Balaban J connectivity index is 2.17. The highest BCUT2D eigenvalue weighted by molar-refractivity contribution is 9.10. The first-order chi connectivity index (χ1) is 9.37. The van der Waals surface area contributed by atoms with Gasteiger partial charge in [0.05, 0.1) is 0 Å². The van der Waals surface area contributed by atoms with Crippen LogP contribution in [0.3, 0.4) is 0 Å². The first kappa shape index (κ1) is 13.6. The number of nitrogens with zero attached hydrogens (tertiary/aromatic N) is 1. The number of benzene rings is 1. The van der Waals surface area contributed by atoms with Gasteiger partial charge < -0.3 is 4.74 Å². The predicted octanol–water partition coefficient (Wildman–Crippen LogP) is 5.40. The number of halogens is 1. The lowest BCUT2D eigenvalue weighted by atomic mass is 10.2. The molecular weight excluding hydrogens is 338 g/mol. The van der Waals surface area contributed by atoms with E-state index in [2.05, 4.69) is 22.0 Å². The fraction of sp³-hybridized carbons (Fsp3) is 0.267.